The third-order valence-electron chi connectivity index (χ3n) is 6.12. The number of hydrogen-bond donors (Lipinski definition) is 1. The molecule has 0 aromatic heterocycles. The Bertz CT molecular complexity index is 1200. The van der Waals surface area contributed by atoms with Crippen molar-refractivity contribution < 1.29 is 27.5 Å². The summed E-state index contributed by atoms with van der Waals surface area (Å²) in [5, 5.41) is 2.88. The molecular formula is C25H31N3O6S. The minimum atomic E-state index is -4.02. The van der Waals surface area contributed by atoms with Gasteiger partial charge in [-0.15, -0.1) is 0 Å². The number of rotatable bonds is 10. The maximum Gasteiger partial charge on any atom is 0.269 e. The molecule has 0 spiro atoms. The van der Waals surface area contributed by atoms with Crippen LogP contribution in [0.3, 0.4) is 0 Å². The van der Waals surface area contributed by atoms with E-state index in [0.717, 1.165) is 16.3 Å². The van der Waals surface area contributed by atoms with E-state index in [1.165, 1.54) is 17.0 Å². The number of methoxy groups -OCH3 is 1. The van der Waals surface area contributed by atoms with Crippen LogP contribution in [-0.2, 0) is 26.2 Å². The summed E-state index contributed by atoms with van der Waals surface area (Å²) < 4.78 is 31.6. The number of amides is 3. The molecule has 0 saturated heterocycles. The molecule has 2 aromatic rings. The topological polar surface area (TPSA) is 113 Å². The van der Waals surface area contributed by atoms with Crippen molar-refractivity contribution in [3.8, 4) is 5.75 Å². The Morgan fingerprint density at radius 3 is 2.34 bits per heavy atom. The SMILES string of the molecule is CCC(C)NC(=O)C(C)N(Cc1ccc(OC)cc1)C(=O)CCN1C(=O)c2ccccc2S1(=O)=O. The summed E-state index contributed by atoms with van der Waals surface area (Å²) in [7, 11) is -2.47. The van der Waals surface area contributed by atoms with Gasteiger partial charge in [0, 0.05) is 25.6 Å². The molecule has 3 rings (SSSR count). The second kappa shape index (κ2) is 10.9. The molecule has 0 saturated carbocycles. The standard InChI is InChI=1S/C25H31N3O6S/c1-5-17(2)26-24(30)18(3)27(16-19-10-12-20(34-4)13-11-19)23(29)14-15-28-25(31)21-8-6-7-9-22(21)35(28,32)33/h6-13,17-18H,5,14-16H2,1-4H3,(H,26,30). The molecule has 10 heteroatoms. The monoisotopic (exact) mass is 501 g/mol. The van der Waals surface area contributed by atoms with Crippen molar-refractivity contribution in [1.82, 2.24) is 14.5 Å². The molecule has 1 aliphatic heterocycles. The van der Waals surface area contributed by atoms with Gasteiger partial charge in [0.05, 0.1) is 12.7 Å². The number of carbonyl (C=O) groups is 3. The third kappa shape index (κ3) is 5.64. The molecule has 0 aliphatic carbocycles. The first-order chi connectivity index (χ1) is 16.6. The molecule has 2 atom stereocenters. The summed E-state index contributed by atoms with van der Waals surface area (Å²) in [5.41, 5.74) is 0.871. The molecule has 2 aromatic carbocycles. The lowest BCUT2D eigenvalue weighted by Gasteiger charge is -2.30. The van der Waals surface area contributed by atoms with Crippen LogP contribution in [0.25, 0.3) is 0 Å². The highest BCUT2D eigenvalue weighted by atomic mass is 32.2. The van der Waals surface area contributed by atoms with E-state index in [-0.39, 0.29) is 41.9 Å². The van der Waals surface area contributed by atoms with E-state index in [2.05, 4.69) is 5.32 Å². The zero-order valence-corrected chi connectivity index (χ0v) is 21.2. The first-order valence-electron chi connectivity index (χ1n) is 11.5. The lowest BCUT2D eigenvalue weighted by atomic mass is 10.1. The molecule has 1 aliphatic rings. The third-order valence-corrected chi connectivity index (χ3v) is 7.96. The molecule has 188 valence electrons. The lowest BCUT2D eigenvalue weighted by Crippen LogP contribution is -2.50. The van der Waals surface area contributed by atoms with E-state index in [9.17, 15) is 22.8 Å². The van der Waals surface area contributed by atoms with Crippen LogP contribution in [-0.4, -0.2) is 61.1 Å². The molecular weight excluding hydrogens is 470 g/mol. The Morgan fingerprint density at radius 2 is 1.74 bits per heavy atom. The fourth-order valence-electron chi connectivity index (χ4n) is 3.77. The fourth-order valence-corrected chi connectivity index (χ4v) is 5.34. The number of fused-ring (bicyclic) bond motifs is 1. The first kappa shape index (κ1) is 26.2. The summed E-state index contributed by atoms with van der Waals surface area (Å²) in [6.45, 7) is 5.28. The zero-order valence-electron chi connectivity index (χ0n) is 20.4. The number of carbonyl (C=O) groups excluding carboxylic acids is 3. The Hall–Kier alpha value is -3.40. The van der Waals surface area contributed by atoms with Crippen molar-refractivity contribution in [2.45, 2.75) is 57.1 Å². The van der Waals surface area contributed by atoms with Crippen molar-refractivity contribution in [3.63, 3.8) is 0 Å². The summed E-state index contributed by atoms with van der Waals surface area (Å²) >= 11 is 0. The molecule has 0 radical (unpaired) electrons. The summed E-state index contributed by atoms with van der Waals surface area (Å²) in [5.74, 6) is -0.741. The van der Waals surface area contributed by atoms with Crippen molar-refractivity contribution >= 4 is 27.7 Å². The second-order valence-corrected chi connectivity index (χ2v) is 10.3. The molecule has 9 nitrogen and oxygen atoms in total. The van der Waals surface area contributed by atoms with Crippen LogP contribution < -0.4 is 10.1 Å². The van der Waals surface area contributed by atoms with E-state index < -0.39 is 27.9 Å². The highest BCUT2D eigenvalue weighted by molar-refractivity contribution is 7.90. The second-order valence-electron chi connectivity index (χ2n) is 8.49. The van der Waals surface area contributed by atoms with Gasteiger partial charge in [-0.05, 0) is 50.1 Å². The molecule has 0 bridgehead atoms. The van der Waals surface area contributed by atoms with Gasteiger partial charge >= 0.3 is 0 Å². The van der Waals surface area contributed by atoms with Crippen molar-refractivity contribution in [2.75, 3.05) is 13.7 Å². The van der Waals surface area contributed by atoms with Crippen LogP contribution in [0.1, 0.15) is 49.5 Å². The van der Waals surface area contributed by atoms with Gasteiger partial charge < -0.3 is 15.0 Å². The van der Waals surface area contributed by atoms with Gasteiger partial charge in [-0.2, -0.15) is 0 Å². The molecule has 0 fully saturated rings. The van der Waals surface area contributed by atoms with Crippen molar-refractivity contribution in [2.24, 2.45) is 0 Å². The molecule has 3 amide bonds. The number of hydrogen-bond acceptors (Lipinski definition) is 6. The summed E-state index contributed by atoms with van der Waals surface area (Å²) in [6, 6.07) is 12.2. The van der Waals surface area contributed by atoms with E-state index in [4.69, 9.17) is 4.74 Å². The fraction of sp³-hybridized carbons (Fsp3) is 0.400. The highest BCUT2D eigenvalue weighted by Crippen LogP contribution is 2.30. The normalized spacial score (nSPS) is 15.8. The Labute approximate surface area is 206 Å². The van der Waals surface area contributed by atoms with Crippen LogP contribution >= 0.6 is 0 Å². The maximum atomic E-state index is 13.3. The van der Waals surface area contributed by atoms with Gasteiger partial charge in [0.2, 0.25) is 11.8 Å². The maximum absolute atomic E-state index is 13.3. The Morgan fingerprint density at radius 1 is 1.09 bits per heavy atom. The smallest absolute Gasteiger partial charge is 0.269 e. The minimum Gasteiger partial charge on any atom is -0.497 e. The molecule has 1 heterocycles. The van der Waals surface area contributed by atoms with Crippen LogP contribution in [0.2, 0.25) is 0 Å². The van der Waals surface area contributed by atoms with Gasteiger partial charge in [0.15, 0.2) is 0 Å². The minimum absolute atomic E-state index is 0.0613. The average molecular weight is 502 g/mol. The van der Waals surface area contributed by atoms with Gasteiger partial charge in [0.1, 0.15) is 16.7 Å². The van der Waals surface area contributed by atoms with Crippen molar-refractivity contribution in [3.05, 3.63) is 59.7 Å². The van der Waals surface area contributed by atoms with Crippen molar-refractivity contribution in [1.29, 1.82) is 0 Å². The van der Waals surface area contributed by atoms with Crippen LogP contribution in [0, 0.1) is 0 Å². The molecule has 2 unspecified atom stereocenters. The van der Waals surface area contributed by atoms with Crippen LogP contribution in [0.5, 0.6) is 5.75 Å². The predicted molar refractivity (Wildman–Crippen MR) is 130 cm³/mol. The van der Waals surface area contributed by atoms with Crippen LogP contribution in [0.15, 0.2) is 53.4 Å². The number of sulfonamides is 1. The lowest BCUT2D eigenvalue weighted by molar-refractivity contribution is -0.140. The first-order valence-corrected chi connectivity index (χ1v) is 12.9. The Kier molecular flexibility index (Phi) is 8.16. The van der Waals surface area contributed by atoms with E-state index in [0.29, 0.717) is 5.75 Å². The quantitative estimate of drug-likeness (QED) is 0.535. The Balaban J connectivity index is 1.79. The number of benzene rings is 2. The molecule has 35 heavy (non-hydrogen) atoms. The van der Waals surface area contributed by atoms with Gasteiger partial charge in [-0.3, -0.25) is 14.4 Å². The van der Waals surface area contributed by atoms with Crippen LogP contribution in [0.4, 0.5) is 0 Å². The predicted octanol–water partition coefficient (Wildman–Crippen LogP) is 2.56. The highest BCUT2D eigenvalue weighted by Gasteiger charge is 2.41. The van der Waals surface area contributed by atoms with Gasteiger partial charge in [-0.1, -0.05) is 31.2 Å². The van der Waals surface area contributed by atoms with Gasteiger partial charge in [0.25, 0.3) is 15.9 Å². The number of ether oxygens (including phenoxy) is 1. The van der Waals surface area contributed by atoms with E-state index in [1.807, 2.05) is 13.8 Å². The average Bonchev–Trinajstić information content (AvgIpc) is 3.05. The largest absolute Gasteiger partial charge is 0.497 e. The van der Waals surface area contributed by atoms with E-state index >= 15 is 0 Å². The zero-order chi connectivity index (χ0) is 25.8. The van der Waals surface area contributed by atoms with Gasteiger partial charge in [-0.25, -0.2) is 12.7 Å². The summed E-state index contributed by atoms with van der Waals surface area (Å²) in [4.78, 5) is 40.2. The van der Waals surface area contributed by atoms with E-state index in [1.54, 1.807) is 50.4 Å². The molecule has 1 N–H and O–H groups in total. The number of nitrogens with zero attached hydrogens (tertiary/aromatic N) is 2. The summed E-state index contributed by atoms with van der Waals surface area (Å²) in [6.07, 6.45) is 0.483. The number of nitrogens with one attached hydrogen (secondary N) is 1.